The Morgan fingerprint density at radius 3 is 2.50 bits per heavy atom. The van der Waals surface area contributed by atoms with E-state index in [0.29, 0.717) is 6.42 Å². The lowest BCUT2D eigenvalue weighted by atomic mass is 10.0. The fraction of sp³-hybridized carbons (Fsp3) is 0.429. The lowest BCUT2D eigenvalue weighted by Crippen LogP contribution is -2.03. The molecule has 1 N–H and O–H groups in total. The third kappa shape index (κ3) is 2.94. The van der Waals surface area contributed by atoms with Gasteiger partial charge in [0.25, 0.3) is 0 Å². The fourth-order valence-corrected chi connectivity index (χ4v) is 2.94. The monoisotopic (exact) mass is 262 g/mol. The number of rotatable bonds is 4. The molecular formula is C14H18N2OS. The van der Waals surface area contributed by atoms with Gasteiger partial charge < -0.3 is 5.11 Å². The first-order valence-electron chi connectivity index (χ1n) is 6.16. The van der Waals surface area contributed by atoms with Gasteiger partial charge in [0.15, 0.2) is 0 Å². The maximum Gasteiger partial charge on any atom is 0.0957 e. The molecule has 96 valence electrons. The van der Waals surface area contributed by atoms with Crippen LogP contribution in [0.15, 0.2) is 18.2 Å². The van der Waals surface area contributed by atoms with Crippen molar-refractivity contribution in [2.75, 3.05) is 0 Å². The van der Waals surface area contributed by atoms with Crippen molar-refractivity contribution in [2.24, 2.45) is 0 Å². The molecule has 0 amide bonds. The lowest BCUT2D eigenvalue weighted by Gasteiger charge is -2.10. The Morgan fingerprint density at radius 1 is 1.22 bits per heavy atom. The molecule has 0 spiro atoms. The Labute approximate surface area is 112 Å². The summed E-state index contributed by atoms with van der Waals surface area (Å²) in [4.78, 5) is 0.900. The molecule has 0 aliphatic carbocycles. The van der Waals surface area contributed by atoms with Gasteiger partial charge in [-0.15, -0.1) is 5.10 Å². The maximum atomic E-state index is 10.3. The summed E-state index contributed by atoms with van der Waals surface area (Å²) in [6.45, 7) is 6.19. The van der Waals surface area contributed by atoms with Crippen LogP contribution in [0.1, 0.15) is 40.3 Å². The number of aliphatic hydroxyl groups excluding tert-OH is 1. The topological polar surface area (TPSA) is 46.0 Å². The second kappa shape index (κ2) is 5.59. The molecule has 0 aliphatic heterocycles. The summed E-state index contributed by atoms with van der Waals surface area (Å²) in [5, 5.41) is 14.3. The molecule has 1 unspecified atom stereocenters. The van der Waals surface area contributed by atoms with Gasteiger partial charge in [-0.1, -0.05) is 40.7 Å². The van der Waals surface area contributed by atoms with Crippen LogP contribution in [0.4, 0.5) is 0 Å². The van der Waals surface area contributed by atoms with Gasteiger partial charge in [0, 0.05) is 6.42 Å². The van der Waals surface area contributed by atoms with Crippen molar-refractivity contribution >= 4 is 11.5 Å². The van der Waals surface area contributed by atoms with Crippen molar-refractivity contribution in [1.29, 1.82) is 0 Å². The van der Waals surface area contributed by atoms with E-state index in [1.165, 1.54) is 22.7 Å². The zero-order chi connectivity index (χ0) is 13.1. The van der Waals surface area contributed by atoms with Crippen molar-refractivity contribution in [3.63, 3.8) is 0 Å². The van der Waals surface area contributed by atoms with Crippen LogP contribution in [0.3, 0.4) is 0 Å². The average Bonchev–Trinajstić information content (AvgIpc) is 2.75. The van der Waals surface area contributed by atoms with Gasteiger partial charge in [-0.25, -0.2) is 0 Å². The number of benzene rings is 1. The molecule has 1 aromatic heterocycles. The average molecular weight is 262 g/mol. The van der Waals surface area contributed by atoms with E-state index in [4.69, 9.17) is 0 Å². The van der Waals surface area contributed by atoms with E-state index in [9.17, 15) is 5.11 Å². The summed E-state index contributed by atoms with van der Waals surface area (Å²) in [6.07, 6.45) is 0.941. The smallest absolute Gasteiger partial charge is 0.0957 e. The largest absolute Gasteiger partial charge is 0.387 e. The van der Waals surface area contributed by atoms with Gasteiger partial charge >= 0.3 is 0 Å². The molecule has 2 rings (SSSR count). The summed E-state index contributed by atoms with van der Waals surface area (Å²) in [5.74, 6) is 0. The van der Waals surface area contributed by atoms with Crippen LogP contribution in [0.2, 0.25) is 0 Å². The van der Waals surface area contributed by atoms with Crippen LogP contribution < -0.4 is 0 Å². The number of aliphatic hydroxyl groups is 1. The van der Waals surface area contributed by atoms with Gasteiger partial charge in [-0.3, -0.25) is 0 Å². The zero-order valence-electron chi connectivity index (χ0n) is 11.0. The molecular weight excluding hydrogens is 244 g/mol. The molecule has 18 heavy (non-hydrogen) atoms. The summed E-state index contributed by atoms with van der Waals surface area (Å²) < 4.78 is 3.92. The first-order valence-corrected chi connectivity index (χ1v) is 6.94. The normalized spacial score (nSPS) is 12.7. The van der Waals surface area contributed by atoms with E-state index in [1.807, 2.05) is 6.92 Å². The van der Waals surface area contributed by atoms with Crippen molar-refractivity contribution in [3.05, 3.63) is 45.5 Å². The van der Waals surface area contributed by atoms with Crippen molar-refractivity contribution in [2.45, 2.75) is 39.7 Å². The minimum atomic E-state index is -0.499. The molecule has 1 aromatic carbocycles. The Morgan fingerprint density at radius 2 is 1.89 bits per heavy atom. The number of hydrogen-bond donors (Lipinski definition) is 1. The van der Waals surface area contributed by atoms with Crippen LogP contribution in [0.5, 0.6) is 0 Å². The molecule has 0 fully saturated rings. The summed E-state index contributed by atoms with van der Waals surface area (Å²) in [5.41, 5.74) is 4.54. The second-order valence-corrected chi connectivity index (χ2v) is 5.44. The van der Waals surface area contributed by atoms with Gasteiger partial charge in [0.2, 0.25) is 0 Å². The highest BCUT2D eigenvalue weighted by Crippen LogP contribution is 2.25. The maximum absolute atomic E-state index is 10.3. The third-order valence-electron chi connectivity index (χ3n) is 2.93. The molecule has 1 atom stereocenters. The predicted octanol–water partition coefficient (Wildman–Crippen LogP) is 2.99. The number of hydrogen-bond acceptors (Lipinski definition) is 4. The van der Waals surface area contributed by atoms with E-state index in [0.717, 1.165) is 22.6 Å². The summed E-state index contributed by atoms with van der Waals surface area (Å²) >= 11 is 1.30. The van der Waals surface area contributed by atoms with Gasteiger partial charge in [0.05, 0.1) is 16.7 Å². The van der Waals surface area contributed by atoms with Crippen molar-refractivity contribution in [1.82, 2.24) is 9.59 Å². The second-order valence-electron chi connectivity index (χ2n) is 4.65. The molecule has 0 saturated heterocycles. The standard InChI is InChI=1S/C14H18N2OS/c1-4-12-14(18-16-15-12)13(17)8-11-6-9(2)5-10(3)7-11/h5-7,13,17H,4,8H2,1-3H3. The van der Waals surface area contributed by atoms with E-state index in [-0.39, 0.29) is 0 Å². The van der Waals surface area contributed by atoms with Crippen LogP contribution in [-0.2, 0) is 12.8 Å². The van der Waals surface area contributed by atoms with Crippen molar-refractivity contribution < 1.29 is 5.11 Å². The lowest BCUT2D eigenvalue weighted by molar-refractivity contribution is 0.181. The molecule has 1 heterocycles. The van der Waals surface area contributed by atoms with Crippen LogP contribution >= 0.6 is 11.5 Å². The van der Waals surface area contributed by atoms with E-state index < -0.39 is 6.10 Å². The first-order chi connectivity index (χ1) is 8.60. The minimum absolute atomic E-state index is 0.499. The molecule has 0 radical (unpaired) electrons. The highest BCUT2D eigenvalue weighted by Gasteiger charge is 2.16. The Balaban J connectivity index is 2.18. The van der Waals surface area contributed by atoms with Gasteiger partial charge in [-0.05, 0) is 37.4 Å². The van der Waals surface area contributed by atoms with Crippen molar-refractivity contribution in [3.8, 4) is 0 Å². The van der Waals surface area contributed by atoms with Gasteiger partial charge in [-0.2, -0.15) is 0 Å². The Hall–Kier alpha value is -1.26. The van der Waals surface area contributed by atoms with Crippen LogP contribution in [0.25, 0.3) is 0 Å². The first kappa shape index (κ1) is 13.2. The highest BCUT2D eigenvalue weighted by molar-refractivity contribution is 7.05. The fourth-order valence-electron chi connectivity index (χ4n) is 2.22. The van der Waals surface area contributed by atoms with Crippen LogP contribution in [-0.4, -0.2) is 14.7 Å². The Kier molecular flexibility index (Phi) is 4.09. The Bertz CT molecular complexity index is 516. The summed E-state index contributed by atoms with van der Waals surface area (Å²) in [6, 6.07) is 6.38. The summed E-state index contributed by atoms with van der Waals surface area (Å²) in [7, 11) is 0. The molecule has 4 heteroatoms. The van der Waals surface area contributed by atoms with E-state index in [1.54, 1.807) is 0 Å². The molecule has 0 aliphatic rings. The molecule has 0 bridgehead atoms. The SMILES string of the molecule is CCc1nnsc1C(O)Cc1cc(C)cc(C)c1. The third-order valence-corrected chi connectivity index (χ3v) is 3.80. The number of aryl methyl sites for hydroxylation is 3. The zero-order valence-corrected chi connectivity index (χ0v) is 11.8. The highest BCUT2D eigenvalue weighted by atomic mass is 32.1. The molecule has 2 aromatic rings. The predicted molar refractivity (Wildman–Crippen MR) is 73.9 cm³/mol. The number of aromatic nitrogens is 2. The van der Waals surface area contributed by atoms with E-state index >= 15 is 0 Å². The van der Waals surface area contributed by atoms with Gasteiger partial charge in [0.1, 0.15) is 0 Å². The molecule has 0 saturated carbocycles. The van der Waals surface area contributed by atoms with Crippen LogP contribution in [0, 0.1) is 13.8 Å². The minimum Gasteiger partial charge on any atom is -0.387 e. The molecule has 3 nitrogen and oxygen atoms in total. The quantitative estimate of drug-likeness (QED) is 0.921. The van der Waals surface area contributed by atoms with E-state index in [2.05, 4.69) is 41.6 Å². The number of nitrogens with zero attached hydrogens (tertiary/aromatic N) is 2.